The van der Waals surface area contributed by atoms with Gasteiger partial charge in [-0.25, -0.2) is 4.98 Å². The Hall–Kier alpha value is -1.77. The van der Waals surface area contributed by atoms with Crippen LogP contribution in [0.2, 0.25) is 5.02 Å². The summed E-state index contributed by atoms with van der Waals surface area (Å²) >= 11 is 10.3. The third kappa shape index (κ3) is 2.86. The normalized spacial score (nSPS) is 23.9. The molecule has 1 aliphatic carbocycles. The summed E-state index contributed by atoms with van der Waals surface area (Å²) in [7, 11) is 1.68. The standard InChI is InChI=1S/C20H20BrClN3O/c1-23-14-7-8-20(9-14)12-25(11-13-3-5-15(26-2)6-4-13)19-17(20)18(22)16(21)10-24-19/h1,3-6,10,14H,7-9,11-12H2,2H3/q+1/t14-,20+/m1/s1. The van der Waals surface area contributed by atoms with Gasteiger partial charge in [-0.3, -0.25) is 0 Å². The maximum Gasteiger partial charge on any atom is 0.273 e. The second-order valence-corrected chi connectivity index (χ2v) is 8.38. The van der Waals surface area contributed by atoms with Gasteiger partial charge in [-0.15, -0.1) is 0 Å². The van der Waals surface area contributed by atoms with E-state index in [9.17, 15) is 0 Å². The number of aromatic nitrogens is 1. The van der Waals surface area contributed by atoms with Crippen LogP contribution in [0.3, 0.4) is 0 Å². The zero-order valence-corrected chi connectivity index (χ0v) is 16.9. The van der Waals surface area contributed by atoms with Crippen LogP contribution in [-0.2, 0) is 12.0 Å². The predicted molar refractivity (Wildman–Crippen MR) is 109 cm³/mol. The molecule has 0 N–H and O–H groups in total. The average Bonchev–Trinajstić information content (AvgIpc) is 3.21. The van der Waals surface area contributed by atoms with Crippen LogP contribution in [0.4, 0.5) is 5.82 Å². The Morgan fingerprint density at radius 3 is 2.85 bits per heavy atom. The van der Waals surface area contributed by atoms with Crippen molar-refractivity contribution in [3.05, 3.63) is 55.9 Å². The molecule has 1 aromatic carbocycles. The second kappa shape index (κ2) is 6.75. The summed E-state index contributed by atoms with van der Waals surface area (Å²) in [5.41, 5.74) is 2.34. The first-order valence-corrected chi connectivity index (χ1v) is 9.86. The van der Waals surface area contributed by atoms with Gasteiger partial charge >= 0.3 is 0 Å². The van der Waals surface area contributed by atoms with Crippen molar-refractivity contribution in [1.29, 1.82) is 0 Å². The molecule has 4 rings (SSSR count). The number of nitrogens with zero attached hydrogens (tertiary/aromatic N) is 3. The van der Waals surface area contributed by atoms with Gasteiger partial charge in [0.15, 0.2) is 0 Å². The molecule has 2 atom stereocenters. The number of rotatable bonds is 3. The number of hydrogen-bond donors (Lipinski definition) is 0. The van der Waals surface area contributed by atoms with E-state index in [-0.39, 0.29) is 11.5 Å². The van der Waals surface area contributed by atoms with Crippen LogP contribution in [-0.4, -0.2) is 24.7 Å². The van der Waals surface area contributed by atoms with Crippen molar-refractivity contribution in [3.8, 4) is 12.3 Å². The van der Waals surface area contributed by atoms with Crippen molar-refractivity contribution in [2.75, 3.05) is 18.6 Å². The van der Waals surface area contributed by atoms with Crippen LogP contribution in [0, 0.1) is 6.57 Å². The molecule has 6 heteroatoms. The highest BCUT2D eigenvalue weighted by atomic mass is 79.9. The molecule has 0 unspecified atom stereocenters. The first kappa shape index (κ1) is 17.6. The topological polar surface area (TPSA) is 29.7 Å². The van der Waals surface area contributed by atoms with E-state index in [1.54, 1.807) is 13.3 Å². The fourth-order valence-electron chi connectivity index (χ4n) is 4.36. The molecule has 0 amide bonds. The summed E-state index contributed by atoms with van der Waals surface area (Å²) in [5.74, 6) is 1.84. The fraction of sp³-hybridized carbons (Fsp3) is 0.400. The summed E-state index contributed by atoms with van der Waals surface area (Å²) in [6.07, 6.45) is 4.74. The lowest BCUT2D eigenvalue weighted by Crippen LogP contribution is -2.31. The van der Waals surface area contributed by atoms with E-state index in [1.165, 1.54) is 5.56 Å². The molecule has 2 heterocycles. The fourth-order valence-corrected chi connectivity index (χ4v) is 5.00. The summed E-state index contributed by atoms with van der Waals surface area (Å²) in [4.78, 5) is 11.1. The number of ether oxygens (including phenoxy) is 1. The average molecular weight is 434 g/mol. The zero-order chi connectivity index (χ0) is 18.3. The molecule has 2 aromatic rings. The van der Waals surface area contributed by atoms with Gasteiger partial charge in [0, 0.05) is 43.1 Å². The third-order valence-corrected chi connectivity index (χ3v) is 6.82. The Balaban J connectivity index is 1.70. The maximum atomic E-state index is 6.72. The summed E-state index contributed by atoms with van der Waals surface area (Å²) in [5, 5.41) is 0.768. The van der Waals surface area contributed by atoms with Crippen molar-refractivity contribution < 1.29 is 4.74 Å². The van der Waals surface area contributed by atoms with Crippen molar-refractivity contribution in [3.63, 3.8) is 0 Å². The minimum atomic E-state index is -0.0246. The molecular formula is C20H20BrClN3O+. The number of methoxy groups -OCH3 is 1. The summed E-state index contributed by atoms with van der Waals surface area (Å²) in [6, 6.07) is 8.36. The van der Waals surface area contributed by atoms with Crippen LogP contribution in [0.5, 0.6) is 5.75 Å². The van der Waals surface area contributed by atoms with Crippen molar-refractivity contribution >= 4 is 33.3 Å². The van der Waals surface area contributed by atoms with Crippen molar-refractivity contribution in [2.45, 2.75) is 37.3 Å². The first-order chi connectivity index (χ1) is 12.6. The van der Waals surface area contributed by atoms with Crippen LogP contribution in [0.25, 0.3) is 4.85 Å². The molecule has 1 aromatic heterocycles. The van der Waals surface area contributed by atoms with E-state index in [0.717, 1.165) is 59.0 Å². The van der Waals surface area contributed by atoms with Gasteiger partial charge < -0.3 is 9.64 Å². The monoisotopic (exact) mass is 432 g/mol. The lowest BCUT2D eigenvalue weighted by atomic mass is 9.81. The Kier molecular flexibility index (Phi) is 4.58. The number of halogens is 2. The van der Waals surface area contributed by atoms with Gasteiger partial charge in [0.2, 0.25) is 0 Å². The Bertz CT molecular complexity index is 880. The highest BCUT2D eigenvalue weighted by molar-refractivity contribution is 9.10. The minimum Gasteiger partial charge on any atom is -0.497 e. The number of hydrogen-bond acceptors (Lipinski definition) is 3. The van der Waals surface area contributed by atoms with Gasteiger partial charge in [0.05, 0.1) is 16.6 Å². The molecule has 0 bridgehead atoms. The minimum absolute atomic E-state index is 0.0246. The quantitative estimate of drug-likeness (QED) is 0.659. The Morgan fingerprint density at radius 1 is 1.42 bits per heavy atom. The maximum absolute atomic E-state index is 6.72. The van der Waals surface area contributed by atoms with E-state index in [4.69, 9.17) is 27.9 Å². The van der Waals surface area contributed by atoms with E-state index in [0.29, 0.717) is 0 Å². The lowest BCUT2D eigenvalue weighted by Gasteiger charge is -2.25. The molecule has 0 radical (unpaired) electrons. The van der Waals surface area contributed by atoms with E-state index in [2.05, 4.69) is 37.8 Å². The first-order valence-electron chi connectivity index (χ1n) is 8.69. The molecule has 1 saturated carbocycles. The number of fused-ring (bicyclic) bond motifs is 2. The number of benzene rings is 1. The predicted octanol–water partition coefficient (Wildman–Crippen LogP) is 5.28. The highest BCUT2D eigenvalue weighted by Gasteiger charge is 2.53. The molecule has 1 spiro atoms. The smallest absolute Gasteiger partial charge is 0.273 e. The van der Waals surface area contributed by atoms with Crippen molar-refractivity contribution in [2.24, 2.45) is 0 Å². The molecule has 134 valence electrons. The van der Waals surface area contributed by atoms with Gasteiger partial charge in [-0.1, -0.05) is 28.6 Å². The number of pyridine rings is 1. The molecule has 1 fully saturated rings. The molecule has 2 aliphatic rings. The lowest BCUT2D eigenvalue weighted by molar-refractivity contribution is 0.414. The largest absolute Gasteiger partial charge is 0.497 e. The second-order valence-electron chi connectivity index (χ2n) is 7.15. The van der Waals surface area contributed by atoms with Crippen molar-refractivity contribution in [1.82, 2.24) is 4.98 Å². The molecule has 4 nitrogen and oxygen atoms in total. The summed E-state index contributed by atoms with van der Waals surface area (Å²) in [6.45, 7) is 7.28. The SMILES string of the molecule is C#[N+][C@@H]1CC[C@]2(C1)CN(Cc1ccc(OC)cc1)c1ncc(Br)c(Cl)c12. The van der Waals surface area contributed by atoms with E-state index < -0.39 is 0 Å². The molecule has 1 aliphatic heterocycles. The van der Waals surface area contributed by atoms with Gasteiger partial charge in [0.25, 0.3) is 12.6 Å². The zero-order valence-electron chi connectivity index (χ0n) is 14.6. The Labute approximate surface area is 167 Å². The molecule has 0 saturated heterocycles. The molecular weight excluding hydrogens is 414 g/mol. The summed E-state index contributed by atoms with van der Waals surface area (Å²) < 4.78 is 6.10. The van der Waals surface area contributed by atoms with Crippen LogP contribution < -0.4 is 9.64 Å². The van der Waals surface area contributed by atoms with Crippen LogP contribution in [0.1, 0.15) is 30.4 Å². The van der Waals surface area contributed by atoms with E-state index >= 15 is 0 Å². The number of anilines is 1. The van der Waals surface area contributed by atoms with E-state index in [1.807, 2.05) is 12.1 Å². The molecule has 26 heavy (non-hydrogen) atoms. The Morgan fingerprint density at radius 2 is 2.19 bits per heavy atom. The van der Waals surface area contributed by atoms with Gasteiger partial charge in [-0.05, 0) is 40.0 Å². The van der Waals surface area contributed by atoms with Crippen LogP contribution in [0.15, 0.2) is 34.9 Å². The van der Waals surface area contributed by atoms with Gasteiger partial charge in [-0.2, -0.15) is 0 Å². The highest BCUT2D eigenvalue weighted by Crippen LogP contribution is 2.54. The van der Waals surface area contributed by atoms with Gasteiger partial charge in [0.1, 0.15) is 11.6 Å². The van der Waals surface area contributed by atoms with Crippen LogP contribution >= 0.6 is 27.5 Å². The third-order valence-electron chi connectivity index (χ3n) is 5.60.